The van der Waals surface area contributed by atoms with E-state index >= 15 is 0 Å². The van der Waals surface area contributed by atoms with Crippen molar-refractivity contribution < 1.29 is 12.8 Å². The van der Waals surface area contributed by atoms with E-state index < -0.39 is 15.1 Å². The van der Waals surface area contributed by atoms with E-state index in [2.05, 4.69) is 14.9 Å². The average molecular weight is 449 g/mol. The largest absolute Gasteiger partial charge is 0.313 e. The van der Waals surface area contributed by atoms with Gasteiger partial charge in [-0.05, 0) is 39.3 Å². The number of halogens is 1. The van der Waals surface area contributed by atoms with Crippen LogP contribution in [-0.2, 0) is 22.9 Å². The summed E-state index contributed by atoms with van der Waals surface area (Å²) in [5.41, 5.74) is 1.20. The molecule has 0 unspecified atom stereocenters. The van der Waals surface area contributed by atoms with Gasteiger partial charge in [0.1, 0.15) is 10.8 Å². The molecule has 4 rings (SSSR count). The lowest BCUT2D eigenvalue weighted by Crippen LogP contribution is -2.26. The van der Waals surface area contributed by atoms with Crippen LogP contribution < -0.4 is 0 Å². The molecule has 1 saturated heterocycles. The van der Waals surface area contributed by atoms with Gasteiger partial charge in [-0.1, -0.05) is 18.2 Å². The standard InChI is InChI=1S/C21H25FN4O2S2/c1-15(2)30(27,28)21-24-12-17(26(21)13-16-6-3-4-7-18(16)22)14-25-10-5-8-19(25)20-23-9-11-29-20/h3-4,6-7,9,11-12,15,19H,5,8,10,13-14H2,1-2H3/t19-/m1/s1. The zero-order valence-electron chi connectivity index (χ0n) is 17.0. The van der Waals surface area contributed by atoms with E-state index in [0.717, 1.165) is 30.1 Å². The Hall–Kier alpha value is -2.10. The Balaban J connectivity index is 1.71. The normalized spacial score (nSPS) is 17.8. The molecule has 0 aliphatic carbocycles. The van der Waals surface area contributed by atoms with Crippen LogP contribution in [0.5, 0.6) is 0 Å². The van der Waals surface area contributed by atoms with Gasteiger partial charge < -0.3 is 4.57 Å². The minimum absolute atomic E-state index is 0.000693. The topological polar surface area (TPSA) is 68.1 Å². The minimum Gasteiger partial charge on any atom is -0.313 e. The van der Waals surface area contributed by atoms with E-state index in [1.807, 2.05) is 11.6 Å². The SMILES string of the molecule is CC(C)S(=O)(=O)c1ncc(CN2CCC[C@@H]2c2nccs2)n1Cc1ccccc1F. The highest BCUT2D eigenvalue weighted by Crippen LogP contribution is 2.34. The molecule has 2 aromatic heterocycles. The number of thiazole rings is 1. The number of hydrogen-bond donors (Lipinski definition) is 0. The first kappa shape index (κ1) is 21.1. The number of rotatable bonds is 7. The first-order valence-electron chi connectivity index (χ1n) is 10.0. The van der Waals surface area contributed by atoms with Crippen LogP contribution in [0, 0.1) is 5.82 Å². The zero-order valence-corrected chi connectivity index (χ0v) is 18.7. The Labute approximate surface area is 180 Å². The van der Waals surface area contributed by atoms with Gasteiger partial charge in [0.25, 0.3) is 0 Å². The predicted molar refractivity (Wildman–Crippen MR) is 115 cm³/mol. The molecule has 0 spiro atoms. The van der Waals surface area contributed by atoms with Crippen LogP contribution in [0.3, 0.4) is 0 Å². The molecule has 3 aromatic rings. The van der Waals surface area contributed by atoms with Gasteiger partial charge in [-0.2, -0.15) is 0 Å². The van der Waals surface area contributed by atoms with Gasteiger partial charge >= 0.3 is 0 Å². The molecular formula is C21H25FN4O2S2. The fourth-order valence-electron chi connectivity index (χ4n) is 3.82. The molecule has 1 aliphatic rings. The fraction of sp³-hybridized carbons (Fsp3) is 0.429. The number of imidazole rings is 1. The van der Waals surface area contributed by atoms with Crippen molar-refractivity contribution >= 4 is 21.2 Å². The molecule has 1 aromatic carbocycles. The van der Waals surface area contributed by atoms with Gasteiger partial charge in [0.15, 0.2) is 0 Å². The third-order valence-corrected chi connectivity index (χ3v) is 8.48. The summed E-state index contributed by atoms with van der Waals surface area (Å²) in [7, 11) is -3.61. The Bertz CT molecular complexity index is 1110. The lowest BCUT2D eigenvalue weighted by Gasteiger charge is -2.23. The van der Waals surface area contributed by atoms with Crippen molar-refractivity contribution in [2.45, 2.75) is 56.2 Å². The Morgan fingerprint density at radius 1 is 1.23 bits per heavy atom. The monoisotopic (exact) mass is 448 g/mol. The second-order valence-electron chi connectivity index (χ2n) is 7.80. The molecule has 0 amide bonds. The fourth-order valence-corrected chi connectivity index (χ4v) is 5.74. The summed E-state index contributed by atoms with van der Waals surface area (Å²) in [6.45, 7) is 4.84. The lowest BCUT2D eigenvalue weighted by atomic mass is 10.2. The highest BCUT2D eigenvalue weighted by Gasteiger charge is 2.31. The number of sulfone groups is 1. The maximum absolute atomic E-state index is 14.4. The maximum atomic E-state index is 14.4. The summed E-state index contributed by atoms with van der Waals surface area (Å²) in [6.07, 6.45) is 5.51. The van der Waals surface area contributed by atoms with E-state index in [1.54, 1.807) is 54.1 Å². The van der Waals surface area contributed by atoms with E-state index in [-0.39, 0.29) is 23.6 Å². The average Bonchev–Trinajstić information content (AvgIpc) is 3.45. The molecular weight excluding hydrogens is 423 g/mol. The number of hydrogen-bond acceptors (Lipinski definition) is 6. The van der Waals surface area contributed by atoms with Gasteiger partial charge in [0, 0.05) is 23.7 Å². The smallest absolute Gasteiger partial charge is 0.228 e. The number of aromatic nitrogens is 3. The van der Waals surface area contributed by atoms with Crippen LogP contribution in [0.2, 0.25) is 0 Å². The second kappa shape index (κ2) is 8.56. The molecule has 0 saturated carbocycles. The van der Waals surface area contributed by atoms with Gasteiger partial charge in [0.05, 0.1) is 29.7 Å². The van der Waals surface area contributed by atoms with Crippen molar-refractivity contribution in [2.24, 2.45) is 0 Å². The van der Waals surface area contributed by atoms with Gasteiger partial charge in [-0.3, -0.25) is 4.90 Å². The van der Waals surface area contributed by atoms with Crippen molar-refractivity contribution in [3.8, 4) is 0 Å². The van der Waals surface area contributed by atoms with Gasteiger partial charge in [0.2, 0.25) is 15.0 Å². The maximum Gasteiger partial charge on any atom is 0.228 e. The molecule has 1 fully saturated rings. The van der Waals surface area contributed by atoms with E-state index in [1.165, 1.54) is 6.07 Å². The van der Waals surface area contributed by atoms with Crippen LogP contribution in [0.15, 0.2) is 47.2 Å². The molecule has 160 valence electrons. The Morgan fingerprint density at radius 3 is 2.73 bits per heavy atom. The van der Waals surface area contributed by atoms with Crippen molar-refractivity contribution in [2.75, 3.05) is 6.54 Å². The van der Waals surface area contributed by atoms with Crippen molar-refractivity contribution in [3.63, 3.8) is 0 Å². The third kappa shape index (κ3) is 4.06. The summed E-state index contributed by atoms with van der Waals surface area (Å²) in [6, 6.07) is 6.67. The van der Waals surface area contributed by atoms with Crippen LogP contribution in [0.25, 0.3) is 0 Å². The van der Waals surface area contributed by atoms with E-state index in [0.29, 0.717) is 12.1 Å². The quantitative estimate of drug-likeness (QED) is 0.546. The number of benzene rings is 1. The summed E-state index contributed by atoms with van der Waals surface area (Å²) < 4.78 is 41.9. The van der Waals surface area contributed by atoms with Crippen LogP contribution >= 0.6 is 11.3 Å². The number of nitrogens with zero attached hydrogens (tertiary/aromatic N) is 4. The molecule has 3 heterocycles. The highest BCUT2D eigenvalue weighted by atomic mass is 32.2. The first-order chi connectivity index (χ1) is 14.4. The van der Waals surface area contributed by atoms with Crippen molar-refractivity contribution in [1.29, 1.82) is 0 Å². The van der Waals surface area contributed by atoms with Crippen molar-refractivity contribution in [1.82, 2.24) is 19.4 Å². The summed E-state index contributed by atoms with van der Waals surface area (Å²) in [5.74, 6) is -0.355. The van der Waals surface area contributed by atoms with Crippen LogP contribution in [0.1, 0.15) is 49.0 Å². The lowest BCUT2D eigenvalue weighted by molar-refractivity contribution is 0.241. The highest BCUT2D eigenvalue weighted by molar-refractivity contribution is 7.91. The molecule has 9 heteroatoms. The van der Waals surface area contributed by atoms with E-state index in [9.17, 15) is 12.8 Å². The van der Waals surface area contributed by atoms with Crippen molar-refractivity contribution in [3.05, 3.63) is 64.1 Å². The van der Waals surface area contributed by atoms with Crippen LogP contribution in [0.4, 0.5) is 4.39 Å². The minimum atomic E-state index is -3.61. The summed E-state index contributed by atoms with van der Waals surface area (Å²) in [5, 5.41) is 2.44. The molecule has 0 radical (unpaired) electrons. The van der Waals surface area contributed by atoms with Crippen LogP contribution in [-0.4, -0.2) is 39.6 Å². The Kier molecular flexibility index (Phi) is 6.04. The number of likely N-dealkylation sites (tertiary alicyclic amines) is 1. The predicted octanol–water partition coefficient (Wildman–Crippen LogP) is 4.05. The summed E-state index contributed by atoms with van der Waals surface area (Å²) in [4.78, 5) is 11.1. The van der Waals surface area contributed by atoms with Gasteiger partial charge in [-0.25, -0.2) is 22.8 Å². The summed E-state index contributed by atoms with van der Waals surface area (Å²) >= 11 is 1.64. The first-order valence-corrected chi connectivity index (χ1v) is 12.5. The third-order valence-electron chi connectivity index (χ3n) is 5.53. The molecule has 1 aliphatic heterocycles. The molecule has 1 atom stereocenters. The second-order valence-corrected chi connectivity index (χ2v) is 11.1. The Morgan fingerprint density at radius 2 is 2.03 bits per heavy atom. The van der Waals surface area contributed by atoms with Gasteiger partial charge in [-0.15, -0.1) is 11.3 Å². The molecule has 0 N–H and O–H groups in total. The molecule has 0 bridgehead atoms. The molecule has 6 nitrogen and oxygen atoms in total. The van der Waals surface area contributed by atoms with E-state index in [4.69, 9.17) is 0 Å². The molecule has 30 heavy (non-hydrogen) atoms. The zero-order chi connectivity index (χ0) is 21.3.